The standard InChI is InChI=1S/C9H15BrN4O/c1-5-8(10)6(2)14(13-5)4-7(12-3)9(11)15/h7,12H,4H2,1-3H3,(H2,11,15). The van der Waals surface area contributed by atoms with Gasteiger partial charge in [0.1, 0.15) is 6.04 Å². The Morgan fingerprint density at radius 1 is 1.67 bits per heavy atom. The minimum absolute atomic E-state index is 0.374. The molecule has 0 aromatic carbocycles. The second-order valence-corrected chi connectivity index (χ2v) is 4.20. The van der Waals surface area contributed by atoms with E-state index in [1.165, 1.54) is 0 Å². The molecule has 0 saturated heterocycles. The molecule has 0 saturated carbocycles. The molecule has 3 N–H and O–H groups in total. The lowest BCUT2D eigenvalue weighted by molar-refractivity contribution is -0.120. The van der Waals surface area contributed by atoms with Gasteiger partial charge in [-0.3, -0.25) is 9.48 Å². The highest BCUT2D eigenvalue weighted by Crippen LogP contribution is 2.19. The van der Waals surface area contributed by atoms with Gasteiger partial charge in [0.15, 0.2) is 0 Å². The Kier molecular flexibility index (Phi) is 3.87. The molecule has 0 aliphatic heterocycles. The van der Waals surface area contributed by atoms with Crippen LogP contribution in [-0.4, -0.2) is 28.8 Å². The van der Waals surface area contributed by atoms with Crippen LogP contribution in [0.5, 0.6) is 0 Å². The van der Waals surface area contributed by atoms with Crippen LogP contribution in [0.3, 0.4) is 0 Å². The summed E-state index contributed by atoms with van der Waals surface area (Å²) in [5.74, 6) is -0.374. The molecule has 84 valence electrons. The summed E-state index contributed by atoms with van der Waals surface area (Å²) in [6.07, 6.45) is 0. The molecule has 5 nitrogen and oxygen atoms in total. The first-order valence-corrected chi connectivity index (χ1v) is 5.42. The maximum absolute atomic E-state index is 11.0. The van der Waals surface area contributed by atoms with Gasteiger partial charge in [-0.1, -0.05) is 0 Å². The zero-order valence-electron chi connectivity index (χ0n) is 9.04. The average molecular weight is 275 g/mol. The number of aromatic nitrogens is 2. The summed E-state index contributed by atoms with van der Waals surface area (Å²) >= 11 is 3.43. The van der Waals surface area contributed by atoms with Crippen LogP contribution in [0.2, 0.25) is 0 Å². The smallest absolute Gasteiger partial charge is 0.236 e. The number of halogens is 1. The van der Waals surface area contributed by atoms with Crippen LogP contribution >= 0.6 is 15.9 Å². The number of likely N-dealkylation sites (N-methyl/N-ethyl adjacent to an activating group) is 1. The third-order valence-corrected chi connectivity index (χ3v) is 3.49. The van der Waals surface area contributed by atoms with Gasteiger partial charge in [-0.15, -0.1) is 0 Å². The van der Waals surface area contributed by atoms with Crippen molar-refractivity contribution in [3.63, 3.8) is 0 Å². The maximum Gasteiger partial charge on any atom is 0.236 e. The fraction of sp³-hybridized carbons (Fsp3) is 0.556. The highest BCUT2D eigenvalue weighted by Gasteiger charge is 2.16. The summed E-state index contributed by atoms with van der Waals surface area (Å²) in [4.78, 5) is 11.0. The number of amides is 1. The van der Waals surface area contributed by atoms with Crippen molar-refractivity contribution in [2.45, 2.75) is 26.4 Å². The first kappa shape index (κ1) is 12.2. The van der Waals surface area contributed by atoms with E-state index in [0.29, 0.717) is 6.54 Å². The Hall–Kier alpha value is -0.880. The van der Waals surface area contributed by atoms with Gasteiger partial charge in [-0.05, 0) is 36.8 Å². The van der Waals surface area contributed by atoms with E-state index in [0.717, 1.165) is 15.9 Å². The van der Waals surface area contributed by atoms with Gasteiger partial charge in [-0.25, -0.2) is 0 Å². The predicted octanol–water partition coefficient (Wildman–Crippen LogP) is 0.336. The van der Waals surface area contributed by atoms with Crippen LogP contribution in [0.4, 0.5) is 0 Å². The zero-order chi connectivity index (χ0) is 11.6. The molecule has 1 rings (SSSR count). The Labute approximate surface area is 97.1 Å². The molecule has 0 aliphatic rings. The number of carbonyl (C=O) groups excluding carboxylic acids is 1. The molecular weight excluding hydrogens is 260 g/mol. The third-order valence-electron chi connectivity index (χ3n) is 2.34. The van der Waals surface area contributed by atoms with Gasteiger partial charge in [0, 0.05) is 5.69 Å². The summed E-state index contributed by atoms with van der Waals surface area (Å²) in [7, 11) is 1.70. The second-order valence-electron chi connectivity index (χ2n) is 3.41. The van der Waals surface area contributed by atoms with Crippen molar-refractivity contribution in [3.8, 4) is 0 Å². The van der Waals surface area contributed by atoms with Gasteiger partial charge >= 0.3 is 0 Å². The molecule has 1 aromatic heterocycles. The van der Waals surface area contributed by atoms with E-state index < -0.39 is 6.04 Å². The van der Waals surface area contributed by atoms with E-state index in [1.807, 2.05) is 13.8 Å². The van der Waals surface area contributed by atoms with Gasteiger partial charge in [0.25, 0.3) is 0 Å². The predicted molar refractivity (Wildman–Crippen MR) is 61.4 cm³/mol. The fourth-order valence-corrected chi connectivity index (χ4v) is 1.63. The molecule has 0 radical (unpaired) electrons. The summed E-state index contributed by atoms with van der Waals surface area (Å²) in [6.45, 7) is 4.30. The number of hydrogen-bond donors (Lipinski definition) is 2. The monoisotopic (exact) mass is 274 g/mol. The zero-order valence-corrected chi connectivity index (χ0v) is 10.6. The molecule has 6 heteroatoms. The topological polar surface area (TPSA) is 72.9 Å². The molecule has 1 amide bonds. The molecule has 1 heterocycles. The van der Waals surface area contributed by atoms with Crippen molar-refractivity contribution in [1.29, 1.82) is 0 Å². The van der Waals surface area contributed by atoms with E-state index in [-0.39, 0.29) is 5.91 Å². The minimum atomic E-state index is -0.394. The SMILES string of the molecule is CNC(Cn1nc(C)c(Br)c1C)C(N)=O. The second kappa shape index (κ2) is 4.76. The van der Waals surface area contributed by atoms with E-state index in [1.54, 1.807) is 11.7 Å². The first-order valence-electron chi connectivity index (χ1n) is 4.63. The fourth-order valence-electron chi connectivity index (χ4n) is 1.35. The molecule has 1 atom stereocenters. The van der Waals surface area contributed by atoms with Gasteiger partial charge in [0.2, 0.25) is 5.91 Å². The summed E-state index contributed by atoms with van der Waals surface area (Å²) < 4.78 is 2.74. The number of nitrogens with one attached hydrogen (secondary N) is 1. The number of primary amides is 1. The van der Waals surface area contributed by atoms with Gasteiger partial charge in [-0.2, -0.15) is 5.10 Å². The van der Waals surface area contributed by atoms with Gasteiger partial charge < -0.3 is 11.1 Å². The van der Waals surface area contributed by atoms with Crippen molar-refractivity contribution < 1.29 is 4.79 Å². The number of carbonyl (C=O) groups is 1. The van der Waals surface area contributed by atoms with E-state index in [4.69, 9.17) is 5.73 Å². The van der Waals surface area contributed by atoms with Crippen molar-refractivity contribution in [3.05, 3.63) is 15.9 Å². The molecule has 1 unspecified atom stereocenters. The molecule has 0 aliphatic carbocycles. The van der Waals surface area contributed by atoms with Crippen LogP contribution in [0.1, 0.15) is 11.4 Å². The van der Waals surface area contributed by atoms with E-state index >= 15 is 0 Å². The van der Waals surface area contributed by atoms with Crippen molar-refractivity contribution in [2.75, 3.05) is 7.05 Å². The first-order chi connectivity index (χ1) is 6.97. The number of aryl methyl sites for hydroxylation is 1. The average Bonchev–Trinajstić information content (AvgIpc) is 2.42. The number of hydrogen-bond acceptors (Lipinski definition) is 3. The largest absolute Gasteiger partial charge is 0.368 e. The Bertz CT molecular complexity index is 374. The number of nitrogens with zero attached hydrogens (tertiary/aromatic N) is 2. The van der Waals surface area contributed by atoms with Crippen LogP contribution in [0.15, 0.2) is 4.47 Å². The lowest BCUT2D eigenvalue weighted by atomic mass is 10.3. The summed E-state index contributed by atoms with van der Waals surface area (Å²) in [6, 6.07) is -0.394. The molecule has 15 heavy (non-hydrogen) atoms. The highest BCUT2D eigenvalue weighted by molar-refractivity contribution is 9.10. The van der Waals surface area contributed by atoms with Crippen molar-refractivity contribution in [1.82, 2.24) is 15.1 Å². The van der Waals surface area contributed by atoms with E-state index in [9.17, 15) is 4.79 Å². The quantitative estimate of drug-likeness (QED) is 0.832. The Morgan fingerprint density at radius 2 is 2.27 bits per heavy atom. The van der Waals surface area contributed by atoms with Crippen molar-refractivity contribution in [2.24, 2.45) is 5.73 Å². The Balaban J connectivity index is 2.88. The van der Waals surface area contributed by atoms with Gasteiger partial charge in [0.05, 0.1) is 16.7 Å². The lowest BCUT2D eigenvalue weighted by Gasteiger charge is -2.13. The van der Waals surface area contributed by atoms with Crippen LogP contribution in [-0.2, 0) is 11.3 Å². The lowest BCUT2D eigenvalue weighted by Crippen LogP contribution is -2.42. The third kappa shape index (κ3) is 2.57. The summed E-state index contributed by atoms with van der Waals surface area (Å²) in [5, 5.41) is 7.16. The Morgan fingerprint density at radius 3 is 2.60 bits per heavy atom. The molecule has 0 bridgehead atoms. The van der Waals surface area contributed by atoms with Crippen LogP contribution < -0.4 is 11.1 Å². The number of rotatable bonds is 4. The summed E-state index contributed by atoms with van der Waals surface area (Å²) in [5.41, 5.74) is 7.14. The minimum Gasteiger partial charge on any atom is -0.368 e. The van der Waals surface area contributed by atoms with E-state index in [2.05, 4.69) is 26.3 Å². The van der Waals surface area contributed by atoms with Crippen LogP contribution in [0, 0.1) is 13.8 Å². The molecular formula is C9H15BrN4O. The molecule has 1 aromatic rings. The number of nitrogens with two attached hydrogens (primary N) is 1. The highest BCUT2D eigenvalue weighted by atomic mass is 79.9. The molecule has 0 fully saturated rings. The van der Waals surface area contributed by atoms with Crippen molar-refractivity contribution >= 4 is 21.8 Å². The molecule has 0 spiro atoms. The van der Waals surface area contributed by atoms with Crippen LogP contribution in [0.25, 0.3) is 0 Å². The maximum atomic E-state index is 11.0. The normalized spacial score (nSPS) is 12.8.